The molecular weight excluding hydrogens is 280 g/mol. The third-order valence-electron chi connectivity index (χ3n) is 3.25. The standard InChI is InChI=1S/C17H20N2O3/c1-2-19(11-12-20)17(21)14-6-8-16(9-7-14)22-13-15-5-3-4-10-18-15/h3-10,20H,2,11-13H2,1H3. The zero-order chi connectivity index (χ0) is 15.8. The van der Waals surface area contributed by atoms with Gasteiger partial charge in [0.05, 0.1) is 12.3 Å². The molecule has 0 saturated carbocycles. The number of ether oxygens (including phenoxy) is 1. The van der Waals surface area contributed by atoms with E-state index in [9.17, 15) is 4.79 Å². The van der Waals surface area contributed by atoms with Gasteiger partial charge in [0.15, 0.2) is 0 Å². The van der Waals surface area contributed by atoms with E-state index >= 15 is 0 Å². The van der Waals surface area contributed by atoms with E-state index in [1.54, 1.807) is 35.4 Å². The van der Waals surface area contributed by atoms with Crippen molar-refractivity contribution in [2.24, 2.45) is 0 Å². The van der Waals surface area contributed by atoms with Crippen LogP contribution in [0.15, 0.2) is 48.7 Å². The largest absolute Gasteiger partial charge is 0.487 e. The van der Waals surface area contributed by atoms with Crippen LogP contribution in [0.1, 0.15) is 23.0 Å². The van der Waals surface area contributed by atoms with Crippen LogP contribution in [0, 0.1) is 0 Å². The fourth-order valence-electron chi connectivity index (χ4n) is 2.04. The van der Waals surface area contributed by atoms with Crippen LogP contribution in [0.25, 0.3) is 0 Å². The Hall–Kier alpha value is -2.40. The topological polar surface area (TPSA) is 62.7 Å². The highest BCUT2D eigenvalue weighted by atomic mass is 16.5. The number of aliphatic hydroxyl groups excluding tert-OH is 1. The Morgan fingerprint density at radius 1 is 1.23 bits per heavy atom. The van der Waals surface area contributed by atoms with Gasteiger partial charge in [0.25, 0.3) is 5.91 Å². The van der Waals surface area contributed by atoms with Gasteiger partial charge in [0, 0.05) is 24.8 Å². The molecule has 1 aromatic heterocycles. The molecule has 0 radical (unpaired) electrons. The Kier molecular flexibility index (Phi) is 5.91. The number of amides is 1. The van der Waals surface area contributed by atoms with Crippen molar-refractivity contribution >= 4 is 5.91 Å². The molecule has 1 amide bonds. The van der Waals surface area contributed by atoms with Crippen molar-refractivity contribution in [3.63, 3.8) is 0 Å². The number of likely N-dealkylation sites (N-methyl/N-ethyl adjacent to an activating group) is 1. The molecule has 1 aromatic carbocycles. The van der Waals surface area contributed by atoms with Crippen LogP contribution >= 0.6 is 0 Å². The summed E-state index contributed by atoms with van der Waals surface area (Å²) in [6.45, 7) is 3.15. The van der Waals surface area contributed by atoms with Gasteiger partial charge in [-0.3, -0.25) is 9.78 Å². The predicted molar refractivity (Wildman–Crippen MR) is 83.7 cm³/mol. The normalized spacial score (nSPS) is 10.3. The van der Waals surface area contributed by atoms with Gasteiger partial charge in [-0.15, -0.1) is 0 Å². The summed E-state index contributed by atoms with van der Waals surface area (Å²) in [6, 6.07) is 12.7. The van der Waals surface area contributed by atoms with Crippen molar-refractivity contribution in [3.05, 3.63) is 59.9 Å². The smallest absolute Gasteiger partial charge is 0.253 e. The van der Waals surface area contributed by atoms with Crippen molar-refractivity contribution in [2.45, 2.75) is 13.5 Å². The minimum atomic E-state index is -0.0900. The van der Waals surface area contributed by atoms with Gasteiger partial charge in [0.2, 0.25) is 0 Å². The lowest BCUT2D eigenvalue weighted by molar-refractivity contribution is 0.0732. The fraction of sp³-hybridized carbons (Fsp3) is 0.294. The molecule has 1 heterocycles. The van der Waals surface area contributed by atoms with Gasteiger partial charge in [-0.2, -0.15) is 0 Å². The maximum Gasteiger partial charge on any atom is 0.253 e. The number of carbonyl (C=O) groups is 1. The molecule has 0 saturated heterocycles. The molecule has 0 spiro atoms. The molecule has 1 N–H and O–H groups in total. The van der Waals surface area contributed by atoms with Gasteiger partial charge in [-0.1, -0.05) is 6.07 Å². The number of benzene rings is 1. The summed E-state index contributed by atoms with van der Waals surface area (Å²) in [5.41, 5.74) is 1.43. The quantitative estimate of drug-likeness (QED) is 0.850. The number of hydrogen-bond donors (Lipinski definition) is 1. The molecule has 0 unspecified atom stereocenters. The molecule has 5 nitrogen and oxygen atoms in total. The number of nitrogens with zero attached hydrogens (tertiary/aromatic N) is 2. The van der Waals surface area contributed by atoms with Gasteiger partial charge in [-0.05, 0) is 43.3 Å². The van der Waals surface area contributed by atoms with Gasteiger partial charge in [0.1, 0.15) is 12.4 Å². The van der Waals surface area contributed by atoms with E-state index in [1.165, 1.54) is 0 Å². The van der Waals surface area contributed by atoms with Crippen LogP contribution in [0.4, 0.5) is 0 Å². The summed E-state index contributed by atoms with van der Waals surface area (Å²) >= 11 is 0. The first kappa shape index (κ1) is 16.0. The van der Waals surface area contributed by atoms with Crippen LogP contribution in [-0.2, 0) is 6.61 Å². The monoisotopic (exact) mass is 300 g/mol. The maximum absolute atomic E-state index is 12.2. The Bertz CT molecular complexity index is 585. The van der Waals surface area contributed by atoms with Crippen molar-refractivity contribution in [2.75, 3.05) is 19.7 Å². The van der Waals surface area contributed by atoms with E-state index in [1.807, 2.05) is 25.1 Å². The zero-order valence-electron chi connectivity index (χ0n) is 12.6. The number of aromatic nitrogens is 1. The molecule has 2 aromatic rings. The Morgan fingerprint density at radius 2 is 2.00 bits per heavy atom. The van der Waals surface area contributed by atoms with Crippen LogP contribution in [0.3, 0.4) is 0 Å². The van der Waals surface area contributed by atoms with Crippen molar-refractivity contribution < 1.29 is 14.6 Å². The van der Waals surface area contributed by atoms with E-state index < -0.39 is 0 Å². The van der Waals surface area contributed by atoms with Gasteiger partial charge >= 0.3 is 0 Å². The molecule has 0 aliphatic rings. The zero-order valence-corrected chi connectivity index (χ0v) is 12.6. The lowest BCUT2D eigenvalue weighted by Crippen LogP contribution is -2.33. The molecule has 0 bridgehead atoms. The second-order valence-corrected chi connectivity index (χ2v) is 4.74. The molecular formula is C17H20N2O3. The highest BCUT2D eigenvalue weighted by Gasteiger charge is 2.13. The van der Waals surface area contributed by atoms with Crippen LogP contribution < -0.4 is 4.74 Å². The molecule has 5 heteroatoms. The summed E-state index contributed by atoms with van der Waals surface area (Å²) in [5, 5.41) is 8.97. The summed E-state index contributed by atoms with van der Waals surface area (Å²) in [6.07, 6.45) is 1.72. The number of aliphatic hydroxyl groups is 1. The van der Waals surface area contributed by atoms with Crippen molar-refractivity contribution in [3.8, 4) is 5.75 Å². The molecule has 22 heavy (non-hydrogen) atoms. The average molecular weight is 300 g/mol. The highest BCUT2D eigenvalue weighted by molar-refractivity contribution is 5.94. The van der Waals surface area contributed by atoms with Crippen LogP contribution in [0.2, 0.25) is 0 Å². The third kappa shape index (κ3) is 4.30. The molecule has 0 aliphatic carbocycles. The number of hydrogen-bond acceptors (Lipinski definition) is 4. The minimum absolute atomic E-state index is 0.0369. The summed E-state index contributed by atoms with van der Waals surface area (Å²) in [4.78, 5) is 18.0. The fourth-order valence-corrected chi connectivity index (χ4v) is 2.04. The predicted octanol–water partition coefficient (Wildman–Crippen LogP) is 2.11. The lowest BCUT2D eigenvalue weighted by Gasteiger charge is -2.19. The van der Waals surface area contributed by atoms with Gasteiger partial charge in [-0.25, -0.2) is 0 Å². The Morgan fingerprint density at radius 3 is 2.59 bits per heavy atom. The highest BCUT2D eigenvalue weighted by Crippen LogP contribution is 2.15. The first-order valence-electron chi connectivity index (χ1n) is 7.27. The summed E-state index contributed by atoms with van der Waals surface area (Å²) in [7, 11) is 0. The lowest BCUT2D eigenvalue weighted by atomic mass is 10.2. The van der Waals surface area contributed by atoms with E-state index in [2.05, 4.69) is 4.98 Å². The first-order valence-corrected chi connectivity index (χ1v) is 7.27. The van der Waals surface area contributed by atoms with Crippen LogP contribution in [-0.4, -0.2) is 40.6 Å². The van der Waals surface area contributed by atoms with Crippen molar-refractivity contribution in [1.82, 2.24) is 9.88 Å². The van der Waals surface area contributed by atoms with E-state index in [0.29, 0.717) is 31.0 Å². The van der Waals surface area contributed by atoms with E-state index in [0.717, 1.165) is 5.69 Å². The van der Waals surface area contributed by atoms with E-state index in [-0.39, 0.29) is 12.5 Å². The van der Waals surface area contributed by atoms with Gasteiger partial charge < -0.3 is 14.7 Å². The SMILES string of the molecule is CCN(CCO)C(=O)c1ccc(OCc2ccccn2)cc1. The van der Waals surface area contributed by atoms with Crippen molar-refractivity contribution in [1.29, 1.82) is 0 Å². The maximum atomic E-state index is 12.2. The Balaban J connectivity index is 1.96. The molecule has 2 rings (SSSR count). The second-order valence-electron chi connectivity index (χ2n) is 4.74. The summed E-state index contributed by atoms with van der Waals surface area (Å²) < 4.78 is 5.63. The number of pyridine rings is 1. The molecule has 116 valence electrons. The summed E-state index contributed by atoms with van der Waals surface area (Å²) in [5.74, 6) is 0.597. The number of carbonyl (C=O) groups excluding carboxylic acids is 1. The molecule has 0 fully saturated rings. The minimum Gasteiger partial charge on any atom is -0.487 e. The first-order chi connectivity index (χ1) is 10.7. The van der Waals surface area contributed by atoms with Crippen LogP contribution in [0.5, 0.6) is 5.75 Å². The second kappa shape index (κ2) is 8.14. The number of rotatable bonds is 7. The molecule has 0 aliphatic heterocycles. The Labute approximate surface area is 130 Å². The van der Waals surface area contributed by atoms with E-state index in [4.69, 9.17) is 9.84 Å². The molecule has 0 atom stereocenters. The third-order valence-corrected chi connectivity index (χ3v) is 3.25. The average Bonchev–Trinajstić information content (AvgIpc) is 2.58.